The monoisotopic (exact) mass is 253 g/mol. The molecule has 0 fully saturated rings. The van der Waals surface area contributed by atoms with Crippen LogP contribution in [0.3, 0.4) is 0 Å². The summed E-state index contributed by atoms with van der Waals surface area (Å²) in [4.78, 5) is 10.6. The number of rotatable bonds is 4. The largest absolute Gasteiger partial charge is 0.497 e. The van der Waals surface area contributed by atoms with Gasteiger partial charge in [0.1, 0.15) is 5.75 Å². The lowest BCUT2D eigenvalue weighted by Gasteiger charge is -2.04. The fourth-order valence-corrected chi connectivity index (χ4v) is 1.75. The Morgan fingerprint density at radius 3 is 2.00 bits per heavy atom. The van der Waals surface area contributed by atoms with Crippen molar-refractivity contribution in [2.24, 2.45) is 5.73 Å². The van der Waals surface area contributed by atoms with E-state index < -0.39 is 5.91 Å². The predicted octanol–water partition coefficient (Wildman–Crippen LogP) is 2.86. The second-order valence-electron chi connectivity index (χ2n) is 4.09. The van der Waals surface area contributed by atoms with E-state index in [9.17, 15) is 4.79 Å². The van der Waals surface area contributed by atoms with Crippen LogP contribution in [0, 0.1) is 0 Å². The molecule has 0 aliphatic carbocycles. The fraction of sp³-hybridized carbons (Fsp3) is 0.0625. The van der Waals surface area contributed by atoms with E-state index in [1.165, 1.54) is 6.08 Å². The molecule has 1 amide bonds. The van der Waals surface area contributed by atoms with Gasteiger partial charge < -0.3 is 10.5 Å². The van der Waals surface area contributed by atoms with Crippen LogP contribution in [0.5, 0.6) is 5.75 Å². The SMILES string of the molecule is COc1ccc(-c2ccc(/C=C/C(N)=O)cc2)cc1. The van der Waals surface area contributed by atoms with Crippen LogP contribution in [0.1, 0.15) is 5.56 Å². The average Bonchev–Trinajstić information content (AvgIpc) is 2.46. The molecule has 2 aromatic carbocycles. The molecule has 19 heavy (non-hydrogen) atoms. The second-order valence-corrected chi connectivity index (χ2v) is 4.09. The van der Waals surface area contributed by atoms with Crippen molar-refractivity contribution in [2.45, 2.75) is 0 Å². The first-order valence-electron chi connectivity index (χ1n) is 5.91. The Bertz CT molecular complexity index is 583. The highest BCUT2D eigenvalue weighted by atomic mass is 16.5. The molecule has 2 aromatic rings. The van der Waals surface area contributed by atoms with E-state index in [2.05, 4.69) is 0 Å². The van der Waals surface area contributed by atoms with E-state index in [1.54, 1.807) is 13.2 Å². The predicted molar refractivity (Wildman–Crippen MR) is 76.7 cm³/mol. The lowest BCUT2D eigenvalue weighted by Crippen LogP contribution is -2.04. The van der Waals surface area contributed by atoms with Crippen molar-refractivity contribution in [3.05, 3.63) is 60.2 Å². The van der Waals surface area contributed by atoms with Crippen LogP contribution in [-0.2, 0) is 4.79 Å². The van der Waals surface area contributed by atoms with E-state index >= 15 is 0 Å². The molecule has 0 bridgehead atoms. The number of amides is 1. The van der Waals surface area contributed by atoms with Crippen molar-refractivity contribution in [1.29, 1.82) is 0 Å². The first kappa shape index (κ1) is 12.9. The van der Waals surface area contributed by atoms with Crippen molar-refractivity contribution in [1.82, 2.24) is 0 Å². The molecule has 0 aromatic heterocycles. The molecular weight excluding hydrogens is 238 g/mol. The molecule has 0 atom stereocenters. The first-order valence-corrected chi connectivity index (χ1v) is 5.91. The number of carbonyl (C=O) groups is 1. The third-order valence-corrected chi connectivity index (χ3v) is 2.77. The fourth-order valence-electron chi connectivity index (χ4n) is 1.75. The molecule has 3 nitrogen and oxygen atoms in total. The van der Waals surface area contributed by atoms with Gasteiger partial charge in [0.25, 0.3) is 0 Å². The van der Waals surface area contributed by atoms with Crippen molar-refractivity contribution < 1.29 is 9.53 Å². The molecule has 2 rings (SSSR count). The summed E-state index contributed by atoms with van der Waals surface area (Å²) >= 11 is 0. The van der Waals surface area contributed by atoms with Crippen molar-refractivity contribution >= 4 is 12.0 Å². The molecule has 96 valence electrons. The Kier molecular flexibility index (Phi) is 3.98. The third kappa shape index (κ3) is 3.45. The maximum absolute atomic E-state index is 10.6. The highest BCUT2D eigenvalue weighted by Crippen LogP contribution is 2.22. The summed E-state index contributed by atoms with van der Waals surface area (Å²) in [5.74, 6) is 0.393. The summed E-state index contributed by atoms with van der Waals surface area (Å²) in [5, 5.41) is 0. The third-order valence-electron chi connectivity index (χ3n) is 2.77. The molecule has 0 heterocycles. The number of hydrogen-bond acceptors (Lipinski definition) is 2. The Morgan fingerprint density at radius 1 is 1.00 bits per heavy atom. The molecule has 0 radical (unpaired) electrons. The average molecular weight is 253 g/mol. The molecule has 0 aliphatic rings. The standard InChI is InChI=1S/C16H15NO2/c1-19-15-9-7-14(8-10-15)13-5-2-12(3-6-13)4-11-16(17)18/h2-11H,1H3,(H2,17,18)/b11-4+. The highest BCUT2D eigenvalue weighted by Gasteiger charge is 1.98. The lowest BCUT2D eigenvalue weighted by molar-refractivity contribution is -0.113. The van der Waals surface area contributed by atoms with Crippen LogP contribution in [-0.4, -0.2) is 13.0 Å². The maximum atomic E-state index is 10.6. The van der Waals surface area contributed by atoms with Crippen LogP contribution in [0.25, 0.3) is 17.2 Å². The number of carbonyl (C=O) groups excluding carboxylic acids is 1. The van der Waals surface area contributed by atoms with Crippen LogP contribution in [0.2, 0.25) is 0 Å². The minimum Gasteiger partial charge on any atom is -0.497 e. The van der Waals surface area contributed by atoms with Gasteiger partial charge in [-0.05, 0) is 34.9 Å². The van der Waals surface area contributed by atoms with Gasteiger partial charge in [0.2, 0.25) is 5.91 Å². The van der Waals surface area contributed by atoms with E-state index in [4.69, 9.17) is 10.5 Å². The number of methoxy groups -OCH3 is 1. The highest BCUT2D eigenvalue weighted by molar-refractivity contribution is 5.90. The summed E-state index contributed by atoms with van der Waals surface area (Å²) < 4.78 is 5.13. The number of nitrogens with two attached hydrogens (primary N) is 1. The number of hydrogen-bond donors (Lipinski definition) is 1. The molecule has 0 aliphatic heterocycles. The Balaban J connectivity index is 2.19. The molecule has 2 N–H and O–H groups in total. The van der Waals surface area contributed by atoms with Gasteiger partial charge in [-0.2, -0.15) is 0 Å². The first-order chi connectivity index (χ1) is 9.19. The lowest BCUT2D eigenvalue weighted by atomic mass is 10.0. The summed E-state index contributed by atoms with van der Waals surface area (Å²) in [5.41, 5.74) is 8.22. The zero-order chi connectivity index (χ0) is 13.7. The van der Waals surface area contributed by atoms with Crippen molar-refractivity contribution in [3.8, 4) is 16.9 Å². The zero-order valence-corrected chi connectivity index (χ0v) is 10.7. The smallest absolute Gasteiger partial charge is 0.241 e. The zero-order valence-electron chi connectivity index (χ0n) is 10.7. The second kappa shape index (κ2) is 5.87. The summed E-state index contributed by atoms with van der Waals surface area (Å²) in [7, 11) is 1.65. The van der Waals surface area contributed by atoms with Gasteiger partial charge in [0.15, 0.2) is 0 Å². The minimum absolute atomic E-state index is 0.445. The van der Waals surface area contributed by atoms with Gasteiger partial charge in [-0.25, -0.2) is 0 Å². The van der Waals surface area contributed by atoms with Gasteiger partial charge in [0, 0.05) is 6.08 Å². The van der Waals surface area contributed by atoms with Gasteiger partial charge in [-0.1, -0.05) is 36.4 Å². The summed E-state index contributed by atoms with van der Waals surface area (Å²) in [6.45, 7) is 0. The van der Waals surface area contributed by atoms with Gasteiger partial charge in [0.05, 0.1) is 7.11 Å². The molecule has 0 spiro atoms. The van der Waals surface area contributed by atoms with E-state index in [0.717, 1.165) is 22.4 Å². The van der Waals surface area contributed by atoms with Crippen LogP contribution < -0.4 is 10.5 Å². The van der Waals surface area contributed by atoms with Crippen molar-refractivity contribution in [3.63, 3.8) is 0 Å². The maximum Gasteiger partial charge on any atom is 0.241 e. The number of ether oxygens (including phenoxy) is 1. The quantitative estimate of drug-likeness (QED) is 0.852. The van der Waals surface area contributed by atoms with Crippen molar-refractivity contribution in [2.75, 3.05) is 7.11 Å². The van der Waals surface area contributed by atoms with E-state index in [1.807, 2.05) is 48.5 Å². The Labute approximate surface area is 112 Å². The van der Waals surface area contributed by atoms with Gasteiger partial charge >= 0.3 is 0 Å². The number of benzene rings is 2. The van der Waals surface area contributed by atoms with E-state index in [-0.39, 0.29) is 0 Å². The van der Waals surface area contributed by atoms with Crippen LogP contribution in [0.15, 0.2) is 54.6 Å². The van der Waals surface area contributed by atoms with E-state index in [0.29, 0.717) is 0 Å². The van der Waals surface area contributed by atoms with Crippen LogP contribution >= 0.6 is 0 Å². The normalized spacial score (nSPS) is 10.6. The minimum atomic E-state index is -0.445. The topological polar surface area (TPSA) is 52.3 Å². The molecule has 3 heteroatoms. The Morgan fingerprint density at radius 2 is 1.53 bits per heavy atom. The number of primary amides is 1. The molecule has 0 saturated carbocycles. The van der Waals surface area contributed by atoms with Gasteiger partial charge in [-0.15, -0.1) is 0 Å². The molecule has 0 saturated heterocycles. The van der Waals surface area contributed by atoms with Crippen LogP contribution in [0.4, 0.5) is 0 Å². The molecular formula is C16H15NO2. The Hall–Kier alpha value is -2.55. The summed E-state index contributed by atoms with van der Waals surface area (Å²) in [6.07, 6.45) is 3.04. The molecule has 0 unspecified atom stereocenters. The van der Waals surface area contributed by atoms with Gasteiger partial charge in [-0.3, -0.25) is 4.79 Å². The summed E-state index contributed by atoms with van der Waals surface area (Å²) in [6, 6.07) is 15.8.